The van der Waals surface area contributed by atoms with Crippen LogP contribution in [0.1, 0.15) is 59.1 Å². The van der Waals surface area contributed by atoms with Crippen LogP contribution in [0.15, 0.2) is 49.9 Å². The predicted molar refractivity (Wildman–Crippen MR) is 143 cm³/mol. The highest BCUT2D eigenvalue weighted by Crippen LogP contribution is 2.38. The number of carbonyl (C=O) groups is 1. The first-order valence-corrected chi connectivity index (χ1v) is 14.2. The van der Waals surface area contributed by atoms with E-state index in [2.05, 4.69) is 44.1 Å². The number of hydrogen-bond acceptors (Lipinski definition) is 7. The number of nitrogens with one attached hydrogen (secondary N) is 1. The summed E-state index contributed by atoms with van der Waals surface area (Å²) in [6, 6.07) is 9.89. The Morgan fingerprint density at radius 3 is 2.52 bits per heavy atom. The van der Waals surface area contributed by atoms with Gasteiger partial charge in [-0.3, -0.25) is 4.79 Å². The quantitative estimate of drug-likeness (QED) is 0.199. The molecular weight excluding hydrogens is 470 g/mol. The topological polar surface area (TPSA) is 68.0 Å². The molecule has 0 unspecified atom stereocenters. The van der Waals surface area contributed by atoms with E-state index >= 15 is 0 Å². The first kappa shape index (κ1) is 26.0. The molecule has 2 aromatic heterocycles. The third kappa shape index (κ3) is 8.26. The maximum absolute atomic E-state index is 12.7. The molecule has 0 aliphatic carbocycles. The summed E-state index contributed by atoms with van der Waals surface area (Å²) in [4.78, 5) is 23.0. The van der Waals surface area contributed by atoms with Gasteiger partial charge in [0, 0.05) is 33.3 Å². The highest BCUT2D eigenvalue weighted by molar-refractivity contribution is 8.01. The molecule has 3 rings (SSSR count). The number of para-hydroxylation sites is 2. The number of fused-ring (bicyclic) bond motifs is 1. The highest BCUT2D eigenvalue weighted by atomic mass is 32.2. The summed E-state index contributed by atoms with van der Waals surface area (Å²) >= 11 is 5.10. The highest BCUT2D eigenvalue weighted by Gasteiger charge is 2.17. The van der Waals surface area contributed by atoms with Crippen LogP contribution in [0.25, 0.3) is 11.1 Å². The van der Waals surface area contributed by atoms with Gasteiger partial charge in [-0.05, 0) is 38.0 Å². The molecule has 0 aliphatic rings. The number of rotatable bonds is 12. The molecule has 3 aromatic rings. The van der Waals surface area contributed by atoms with Gasteiger partial charge in [-0.25, -0.2) is 9.97 Å². The average molecular weight is 504 g/mol. The second-order valence-corrected chi connectivity index (χ2v) is 12.7. The first-order valence-electron chi connectivity index (χ1n) is 11.4. The SMILES string of the molecule is Cc1cc(SC(C)C)c(NC(=O)CCCCCSc2nc3ccccc3o2)c(SC(C)C)n1. The Balaban J connectivity index is 1.48. The summed E-state index contributed by atoms with van der Waals surface area (Å²) in [6.07, 6.45) is 3.39. The number of benzene rings is 1. The van der Waals surface area contributed by atoms with Crippen LogP contribution in [0, 0.1) is 6.92 Å². The Hall–Kier alpha value is -1.64. The number of aromatic nitrogens is 2. The fraction of sp³-hybridized carbons (Fsp3) is 0.480. The van der Waals surface area contributed by atoms with Crippen molar-refractivity contribution in [3.05, 3.63) is 36.0 Å². The monoisotopic (exact) mass is 503 g/mol. The Labute approximate surface area is 209 Å². The summed E-state index contributed by atoms with van der Waals surface area (Å²) in [5, 5.41) is 5.63. The molecule has 0 aliphatic heterocycles. The van der Waals surface area contributed by atoms with Crippen molar-refractivity contribution in [2.45, 2.75) is 85.9 Å². The van der Waals surface area contributed by atoms with Gasteiger partial charge in [0.1, 0.15) is 10.5 Å². The molecule has 2 heterocycles. The van der Waals surface area contributed by atoms with Crippen molar-refractivity contribution in [1.29, 1.82) is 0 Å². The second kappa shape index (κ2) is 12.7. The molecule has 33 heavy (non-hydrogen) atoms. The van der Waals surface area contributed by atoms with E-state index in [-0.39, 0.29) is 5.91 Å². The van der Waals surface area contributed by atoms with Crippen LogP contribution in [0.4, 0.5) is 5.69 Å². The van der Waals surface area contributed by atoms with Crippen molar-refractivity contribution in [3.63, 3.8) is 0 Å². The summed E-state index contributed by atoms with van der Waals surface area (Å²) in [6.45, 7) is 10.6. The minimum atomic E-state index is 0.0588. The average Bonchev–Trinajstić information content (AvgIpc) is 3.15. The number of carbonyl (C=O) groups excluding carboxylic acids is 1. The van der Waals surface area contributed by atoms with Gasteiger partial charge in [0.15, 0.2) is 5.58 Å². The van der Waals surface area contributed by atoms with Crippen LogP contribution in [0.3, 0.4) is 0 Å². The Morgan fingerprint density at radius 2 is 1.79 bits per heavy atom. The Morgan fingerprint density at radius 1 is 1.03 bits per heavy atom. The summed E-state index contributed by atoms with van der Waals surface area (Å²) < 4.78 is 5.74. The van der Waals surface area contributed by atoms with Gasteiger partial charge < -0.3 is 9.73 Å². The third-order valence-electron chi connectivity index (χ3n) is 4.60. The van der Waals surface area contributed by atoms with Crippen LogP contribution in [-0.4, -0.2) is 32.1 Å². The van der Waals surface area contributed by atoms with Crippen molar-refractivity contribution in [2.75, 3.05) is 11.1 Å². The van der Waals surface area contributed by atoms with E-state index in [0.717, 1.165) is 57.4 Å². The Bertz CT molecular complexity index is 1000. The lowest BCUT2D eigenvalue weighted by Crippen LogP contribution is -2.14. The van der Waals surface area contributed by atoms with Gasteiger partial charge in [-0.1, -0.05) is 58.0 Å². The zero-order chi connectivity index (χ0) is 23.8. The van der Waals surface area contributed by atoms with E-state index in [0.29, 0.717) is 22.1 Å². The molecule has 1 amide bonds. The van der Waals surface area contributed by atoms with Crippen molar-refractivity contribution in [3.8, 4) is 0 Å². The van der Waals surface area contributed by atoms with Crippen molar-refractivity contribution in [2.24, 2.45) is 0 Å². The smallest absolute Gasteiger partial charge is 0.256 e. The van der Waals surface area contributed by atoms with E-state index in [1.165, 1.54) is 0 Å². The standard InChI is InChI=1S/C25H33N3O2S3/c1-16(2)32-21-15-18(5)26-24(33-17(3)4)23(21)28-22(29)13-7-6-10-14-31-25-27-19-11-8-9-12-20(19)30-25/h8-9,11-12,15-17H,6-7,10,13-14H2,1-5H3,(H,28,29). The number of anilines is 1. The normalized spacial score (nSPS) is 11.6. The molecule has 0 radical (unpaired) electrons. The fourth-order valence-electron chi connectivity index (χ4n) is 3.22. The fourth-order valence-corrected chi connectivity index (χ4v) is 6.06. The number of aryl methyl sites for hydroxylation is 1. The van der Waals surface area contributed by atoms with E-state index in [1.807, 2.05) is 31.2 Å². The van der Waals surface area contributed by atoms with Crippen LogP contribution in [-0.2, 0) is 4.79 Å². The molecule has 0 bridgehead atoms. The van der Waals surface area contributed by atoms with Gasteiger partial charge >= 0.3 is 0 Å². The minimum absolute atomic E-state index is 0.0588. The van der Waals surface area contributed by atoms with Crippen molar-refractivity contribution in [1.82, 2.24) is 9.97 Å². The zero-order valence-electron chi connectivity index (χ0n) is 20.0. The summed E-state index contributed by atoms with van der Waals surface area (Å²) in [5.74, 6) is 0.990. The van der Waals surface area contributed by atoms with Crippen LogP contribution in [0.2, 0.25) is 0 Å². The molecule has 0 saturated carbocycles. The largest absolute Gasteiger partial charge is 0.431 e. The molecule has 1 aromatic carbocycles. The van der Waals surface area contributed by atoms with Crippen LogP contribution >= 0.6 is 35.3 Å². The maximum Gasteiger partial charge on any atom is 0.256 e. The first-order chi connectivity index (χ1) is 15.8. The lowest BCUT2D eigenvalue weighted by Gasteiger charge is -2.18. The van der Waals surface area contributed by atoms with Gasteiger partial charge in [0.25, 0.3) is 5.22 Å². The number of unbranched alkanes of at least 4 members (excludes halogenated alkanes) is 2. The third-order valence-corrected chi connectivity index (χ3v) is 7.55. The maximum atomic E-state index is 12.7. The number of hydrogen-bond donors (Lipinski definition) is 1. The number of pyridine rings is 1. The molecule has 0 atom stereocenters. The molecule has 8 heteroatoms. The number of thioether (sulfide) groups is 3. The molecule has 5 nitrogen and oxygen atoms in total. The Kier molecular flexibility index (Phi) is 10.0. The van der Waals surface area contributed by atoms with Crippen LogP contribution < -0.4 is 5.32 Å². The van der Waals surface area contributed by atoms with Crippen molar-refractivity contribution < 1.29 is 9.21 Å². The summed E-state index contributed by atoms with van der Waals surface area (Å²) in [7, 11) is 0. The van der Waals surface area contributed by atoms with Gasteiger partial charge in [-0.15, -0.1) is 23.5 Å². The zero-order valence-corrected chi connectivity index (χ0v) is 22.5. The van der Waals surface area contributed by atoms with Crippen LogP contribution in [0.5, 0.6) is 0 Å². The molecule has 0 fully saturated rings. The number of oxazole rings is 1. The molecular formula is C25H33N3O2S3. The van der Waals surface area contributed by atoms with Gasteiger partial charge in [-0.2, -0.15) is 0 Å². The summed E-state index contributed by atoms with van der Waals surface area (Å²) in [5.41, 5.74) is 3.57. The lowest BCUT2D eigenvalue weighted by molar-refractivity contribution is -0.116. The second-order valence-electron chi connectivity index (χ2n) is 8.43. The van der Waals surface area contributed by atoms with Gasteiger partial charge in [0.05, 0.1) is 5.69 Å². The minimum Gasteiger partial charge on any atom is -0.431 e. The predicted octanol–water partition coefficient (Wildman–Crippen LogP) is 7.82. The number of nitrogens with zero attached hydrogens (tertiary/aromatic N) is 2. The molecule has 0 saturated heterocycles. The van der Waals surface area contributed by atoms with E-state index in [1.54, 1.807) is 35.3 Å². The van der Waals surface area contributed by atoms with E-state index < -0.39 is 0 Å². The van der Waals surface area contributed by atoms with Gasteiger partial charge in [0.2, 0.25) is 5.91 Å². The molecule has 178 valence electrons. The molecule has 1 N–H and O–H groups in total. The van der Waals surface area contributed by atoms with Crippen molar-refractivity contribution >= 4 is 58.0 Å². The van der Waals surface area contributed by atoms with E-state index in [4.69, 9.17) is 9.40 Å². The molecule has 0 spiro atoms. The van der Waals surface area contributed by atoms with E-state index in [9.17, 15) is 4.79 Å². The number of amides is 1. The lowest BCUT2D eigenvalue weighted by atomic mass is 10.2.